The van der Waals surface area contributed by atoms with Crippen LogP contribution in [0.4, 0.5) is 0 Å². The Morgan fingerprint density at radius 1 is 1.10 bits per heavy atom. The van der Waals surface area contributed by atoms with Gasteiger partial charge < -0.3 is 19.8 Å². The van der Waals surface area contributed by atoms with Crippen LogP contribution in [-0.2, 0) is 22.5 Å². The maximum atomic E-state index is 13.6. The number of aliphatic hydroxyl groups excluding tert-OH is 2. The van der Waals surface area contributed by atoms with Crippen molar-refractivity contribution in [3.8, 4) is 5.69 Å². The van der Waals surface area contributed by atoms with Crippen molar-refractivity contribution in [3.05, 3.63) is 99.1 Å². The summed E-state index contributed by atoms with van der Waals surface area (Å²) in [4.78, 5) is 32.7. The second kappa shape index (κ2) is 10.5. The molecule has 4 aromatic rings. The molecule has 2 aromatic carbocycles. The van der Waals surface area contributed by atoms with Gasteiger partial charge in [-0.2, -0.15) is 0 Å². The van der Waals surface area contributed by atoms with Crippen molar-refractivity contribution in [2.45, 2.75) is 62.8 Å². The summed E-state index contributed by atoms with van der Waals surface area (Å²) in [5.41, 5.74) is 1.72. The average Bonchev–Trinajstić information content (AvgIpc) is 3.59. The van der Waals surface area contributed by atoms with Crippen LogP contribution in [0, 0.1) is 5.92 Å². The van der Waals surface area contributed by atoms with E-state index in [-0.39, 0.29) is 25.1 Å². The van der Waals surface area contributed by atoms with Gasteiger partial charge in [-0.05, 0) is 37.5 Å². The molecular weight excluding hydrogens is 542 g/mol. The van der Waals surface area contributed by atoms with E-state index in [1.54, 1.807) is 42.1 Å². The smallest absolute Gasteiger partial charge is 0.352 e. The minimum absolute atomic E-state index is 0.0997. The molecule has 2 fully saturated rings. The Bertz CT molecular complexity index is 1730. The minimum atomic E-state index is -0.980. The summed E-state index contributed by atoms with van der Waals surface area (Å²) in [6.07, 6.45) is 0.321. The summed E-state index contributed by atoms with van der Waals surface area (Å²) >= 11 is 0. The Kier molecular flexibility index (Phi) is 6.64. The van der Waals surface area contributed by atoms with Crippen molar-refractivity contribution in [3.63, 3.8) is 0 Å². The molecular formula is C29H31N7O6. The molecule has 0 amide bonds. The van der Waals surface area contributed by atoms with Crippen LogP contribution in [-0.4, -0.2) is 69.8 Å². The molecule has 2 aromatic heterocycles. The van der Waals surface area contributed by atoms with Crippen LogP contribution < -0.4 is 11.4 Å². The maximum Gasteiger partial charge on any atom is 0.352 e. The van der Waals surface area contributed by atoms with E-state index in [4.69, 9.17) is 9.57 Å². The highest BCUT2D eigenvalue weighted by atomic mass is 16.6. The molecule has 3 aliphatic rings. The number of benzene rings is 2. The summed E-state index contributed by atoms with van der Waals surface area (Å²) in [6, 6.07) is 17.6. The van der Waals surface area contributed by atoms with Crippen molar-refractivity contribution in [1.29, 1.82) is 0 Å². The number of hydrogen-bond acceptors (Lipinski definition) is 9. The maximum absolute atomic E-state index is 13.6. The standard InChI is InChI=1S/C29H31N7O6/c1-17(22-15-33(32-30-22)20(16-37)14-18-8-4-2-5-9-18)42-31-23-21-12-13-34-28(39)35(19-10-6-3-7-11-19)29(40)36(34)24(21)25(38)27-26(23)41-27/h2-11,15,17,20-21,24-27,37-38H,12-14,16H2,1H3/t17-,20+,21-,24+,25+,26-,27+/m1/s1. The SMILES string of the molecule is C[C@@H](ON=C1[C@H]2CCn3c(=O)n(-c4ccccc4)c(=O)n3[C@@H]2[C@H](O)[C@@H]2O[C@H]12)c1cn([C@H](CO)Cc2ccccc2)nn1. The Morgan fingerprint density at radius 3 is 2.57 bits per heavy atom. The van der Waals surface area contributed by atoms with Crippen LogP contribution >= 0.6 is 0 Å². The van der Waals surface area contributed by atoms with Crippen molar-refractivity contribution in [2.75, 3.05) is 6.61 Å². The van der Waals surface area contributed by atoms with Gasteiger partial charge in [-0.15, -0.1) is 5.10 Å². The molecule has 4 heterocycles. The summed E-state index contributed by atoms with van der Waals surface area (Å²) in [7, 11) is 0. The Morgan fingerprint density at radius 2 is 1.83 bits per heavy atom. The van der Waals surface area contributed by atoms with E-state index in [2.05, 4.69) is 15.5 Å². The van der Waals surface area contributed by atoms with E-state index < -0.39 is 41.8 Å². The van der Waals surface area contributed by atoms with E-state index in [9.17, 15) is 19.8 Å². The zero-order valence-corrected chi connectivity index (χ0v) is 22.9. The van der Waals surface area contributed by atoms with Crippen molar-refractivity contribution in [2.24, 2.45) is 11.1 Å². The van der Waals surface area contributed by atoms with Gasteiger partial charge in [-0.1, -0.05) is 58.9 Å². The van der Waals surface area contributed by atoms with E-state index in [0.29, 0.717) is 29.9 Å². The summed E-state index contributed by atoms with van der Waals surface area (Å²) < 4.78 is 11.3. The molecule has 0 unspecified atom stereocenters. The van der Waals surface area contributed by atoms with Gasteiger partial charge in [-0.3, -0.25) is 0 Å². The highest BCUT2D eigenvalue weighted by molar-refractivity contribution is 5.94. The van der Waals surface area contributed by atoms with Gasteiger partial charge in [0.15, 0.2) is 6.10 Å². The molecule has 0 radical (unpaired) electrons. The van der Waals surface area contributed by atoms with Crippen molar-refractivity contribution in [1.82, 2.24) is 28.9 Å². The first kappa shape index (κ1) is 26.6. The molecule has 1 saturated carbocycles. The first-order chi connectivity index (χ1) is 20.5. The molecule has 13 nitrogen and oxygen atoms in total. The first-order valence-electron chi connectivity index (χ1n) is 14.1. The zero-order chi connectivity index (χ0) is 29.0. The lowest BCUT2D eigenvalue weighted by atomic mass is 9.78. The lowest BCUT2D eigenvalue weighted by Gasteiger charge is -2.38. The molecule has 2 N–H and O–H groups in total. The van der Waals surface area contributed by atoms with Gasteiger partial charge in [0.1, 0.15) is 24.0 Å². The molecule has 218 valence electrons. The van der Waals surface area contributed by atoms with E-state index >= 15 is 0 Å². The van der Waals surface area contributed by atoms with Gasteiger partial charge in [0.2, 0.25) is 0 Å². The van der Waals surface area contributed by atoms with Gasteiger partial charge in [-0.25, -0.2) is 28.2 Å². The predicted octanol–water partition coefficient (Wildman–Crippen LogP) is 1.00. The number of aromatic nitrogens is 6. The van der Waals surface area contributed by atoms with Gasteiger partial charge >= 0.3 is 11.4 Å². The number of para-hydroxylation sites is 1. The molecule has 0 spiro atoms. The van der Waals surface area contributed by atoms with Crippen LogP contribution in [0.5, 0.6) is 0 Å². The van der Waals surface area contributed by atoms with Crippen LogP contribution in [0.3, 0.4) is 0 Å². The third-order valence-electron chi connectivity index (χ3n) is 8.46. The van der Waals surface area contributed by atoms with Crippen molar-refractivity contribution >= 4 is 5.71 Å². The summed E-state index contributed by atoms with van der Waals surface area (Å²) in [5.74, 6) is -0.361. The number of rotatable bonds is 8. The second-order valence-corrected chi connectivity index (χ2v) is 11.0. The molecule has 7 atom stereocenters. The summed E-state index contributed by atoms with van der Waals surface area (Å²) in [5, 5.41) is 34.1. The molecule has 1 aliphatic carbocycles. The number of aliphatic hydroxyl groups is 2. The highest BCUT2D eigenvalue weighted by Gasteiger charge is 2.61. The lowest BCUT2D eigenvalue weighted by Crippen LogP contribution is -2.53. The fourth-order valence-corrected chi connectivity index (χ4v) is 6.22. The molecule has 42 heavy (non-hydrogen) atoms. The van der Waals surface area contributed by atoms with Gasteiger partial charge in [0, 0.05) is 12.5 Å². The third-order valence-corrected chi connectivity index (χ3v) is 8.46. The first-order valence-corrected chi connectivity index (χ1v) is 14.1. The molecule has 0 bridgehead atoms. The lowest BCUT2D eigenvalue weighted by molar-refractivity contribution is 0.0291. The second-order valence-electron chi connectivity index (χ2n) is 11.0. The van der Waals surface area contributed by atoms with E-state index in [1.165, 1.54) is 9.36 Å². The Balaban J connectivity index is 1.13. The van der Waals surface area contributed by atoms with Gasteiger partial charge in [0.25, 0.3) is 0 Å². The number of hydrogen-bond donors (Lipinski definition) is 2. The van der Waals surface area contributed by atoms with E-state index in [1.807, 2.05) is 36.4 Å². The van der Waals surface area contributed by atoms with Crippen molar-refractivity contribution < 1.29 is 19.8 Å². The van der Waals surface area contributed by atoms with Gasteiger partial charge in [0.05, 0.1) is 36.3 Å². The predicted molar refractivity (Wildman–Crippen MR) is 149 cm³/mol. The Labute approximate surface area is 239 Å². The Hall–Kier alpha value is -4.33. The molecule has 7 rings (SSSR count). The monoisotopic (exact) mass is 573 g/mol. The fourth-order valence-electron chi connectivity index (χ4n) is 6.22. The third kappa shape index (κ3) is 4.40. The van der Waals surface area contributed by atoms with Crippen LogP contribution in [0.2, 0.25) is 0 Å². The number of oxime groups is 1. The highest BCUT2D eigenvalue weighted by Crippen LogP contribution is 2.46. The van der Waals surface area contributed by atoms with Crippen LogP contribution in [0.25, 0.3) is 5.69 Å². The number of ether oxygens (including phenoxy) is 1. The van der Waals surface area contributed by atoms with Crippen LogP contribution in [0.15, 0.2) is 81.6 Å². The topological polar surface area (TPSA) is 154 Å². The normalized spacial score (nSPS) is 26.6. The molecule has 13 heteroatoms. The molecule has 1 saturated heterocycles. The van der Waals surface area contributed by atoms with E-state index in [0.717, 1.165) is 10.1 Å². The number of nitrogens with zero attached hydrogens (tertiary/aromatic N) is 7. The molecule has 2 aliphatic heterocycles. The quantitative estimate of drug-likeness (QED) is 0.234. The largest absolute Gasteiger partial charge is 0.394 e. The zero-order valence-electron chi connectivity index (χ0n) is 22.9. The van der Waals surface area contributed by atoms with Crippen LogP contribution in [0.1, 0.15) is 42.8 Å². The number of epoxide rings is 1. The number of fused-ring (bicyclic) bond motifs is 4. The average molecular weight is 574 g/mol. The minimum Gasteiger partial charge on any atom is -0.394 e. The fraction of sp³-hybridized carbons (Fsp3) is 0.414. The summed E-state index contributed by atoms with van der Waals surface area (Å²) in [6.45, 7) is 1.98.